The predicted octanol–water partition coefficient (Wildman–Crippen LogP) is 3.37. The maximum atomic E-state index is 5.45. The van der Waals surface area contributed by atoms with Crippen LogP contribution in [0.3, 0.4) is 0 Å². The summed E-state index contributed by atoms with van der Waals surface area (Å²) in [6.45, 7) is 6.52. The molecule has 3 nitrogen and oxygen atoms in total. The predicted molar refractivity (Wildman–Crippen MR) is 82.8 cm³/mol. The molecule has 0 atom stereocenters. The summed E-state index contributed by atoms with van der Waals surface area (Å²) in [5.74, 6) is 2.50. The van der Waals surface area contributed by atoms with Gasteiger partial charge in [-0.25, -0.2) is 0 Å². The van der Waals surface area contributed by atoms with Gasteiger partial charge in [-0.2, -0.15) is 0 Å². The van der Waals surface area contributed by atoms with Gasteiger partial charge in [0.2, 0.25) is 0 Å². The Balaban J connectivity index is 2.25. The standard InChI is InChI=1S/C17H27NO2/c1-5-13-10-17(11-13,12-18-6-2)14-7-8-15(19-3)16(9-14)20-4/h7-9,13,18H,5-6,10-12H2,1-4H3. The van der Waals surface area contributed by atoms with Crippen molar-refractivity contribution in [1.82, 2.24) is 5.32 Å². The molecular formula is C17H27NO2. The van der Waals surface area contributed by atoms with Crippen LogP contribution in [0.1, 0.15) is 38.7 Å². The Hall–Kier alpha value is -1.22. The van der Waals surface area contributed by atoms with Crippen LogP contribution in [-0.2, 0) is 5.41 Å². The van der Waals surface area contributed by atoms with E-state index in [2.05, 4.69) is 31.3 Å². The Morgan fingerprint density at radius 2 is 1.85 bits per heavy atom. The van der Waals surface area contributed by atoms with Gasteiger partial charge in [0.1, 0.15) is 0 Å². The number of hydrogen-bond acceptors (Lipinski definition) is 3. The number of methoxy groups -OCH3 is 2. The number of likely N-dealkylation sites (N-methyl/N-ethyl adjacent to an activating group) is 1. The highest BCUT2D eigenvalue weighted by Gasteiger charge is 2.44. The molecule has 1 aliphatic rings. The molecule has 3 heteroatoms. The third-order valence-corrected chi connectivity index (χ3v) is 4.65. The Bertz CT molecular complexity index is 433. The van der Waals surface area contributed by atoms with Gasteiger partial charge >= 0.3 is 0 Å². The quantitative estimate of drug-likeness (QED) is 0.829. The normalized spacial score (nSPS) is 25.1. The molecule has 1 fully saturated rings. The maximum absolute atomic E-state index is 5.45. The zero-order chi connectivity index (χ0) is 14.6. The minimum atomic E-state index is 0.274. The summed E-state index contributed by atoms with van der Waals surface area (Å²) in [6.07, 6.45) is 3.82. The minimum absolute atomic E-state index is 0.274. The lowest BCUT2D eigenvalue weighted by Gasteiger charge is -2.48. The summed E-state index contributed by atoms with van der Waals surface area (Å²) in [7, 11) is 3.39. The number of rotatable bonds is 7. The van der Waals surface area contributed by atoms with E-state index in [1.165, 1.54) is 24.8 Å². The number of benzene rings is 1. The average molecular weight is 277 g/mol. The minimum Gasteiger partial charge on any atom is -0.493 e. The van der Waals surface area contributed by atoms with Crippen LogP contribution in [0, 0.1) is 5.92 Å². The zero-order valence-corrected chi connectivity index (χ0v) is 13.2. The number of hydrogen-bond donors (Lipinski definition) is 1. The van der Waals surface area contributed by atoms with Crippen LogP contribution in [0.15, 0.2) is 18.2 Å². The van der Waals surface area contributed by atoms with Crippen molar-refractivity contribution in [1.29, 1.82) is 0 Å². The second kappa shape index (κ2) is 6.49. The van der Waals surface area contributed by atoms with Crippen LogP contribution in [0.2, 0.25) is 0 Å². The Kier molecular flexibility index (Phi) is 4.92. The first-order chi connectivity index (χ1) is 9.69. The molecule has 0 aliphatic heterocycles. The molecule has 0 amide bonds. The van der Waals surface area contributed by atoms with Crippen molar-refractivity contribution < 1.29 is 9.47 Å². The molecule has 1 aromatic rings. The largest absolute Gasteiger partial charge is 0.493 e. The molecule has 1 aromatic carbocycles. The number of nitrogens with one attached hydrogen (secondary N) is 1. The van der Waals surface area contributed by atoms with E-state index in [4.69, 9.17) is 9.47 Å². The molecule has 2 rings (SSSR count). The van der Waals surface area contributed by atoms with Crippen molar-refractivity contribution in [2.45, 2.75) is 38.5 Å². The van der Waals surface area contributed by atoms with E-state index in [0.29, 0.717) is 0 Å². The fraction of sp³-hybridized carbons (Fsp3) is 0.647. The highest BCUT2D eigenvalue weighted by Crippen LogP contribution is 2.50. The first-order valence-electron chi connectivity index (χ1n) is 7.62. The molecule has 0 radical (unpaired) electrons. The van der Waals surface area contributed by atoms with Gasteiger partial charge in [0, 0.05) is 12.0 Å². The van der Waals surface area contributed by atoms with E-state index in [1.54, 1.807) is 14.2 Å². The van der Waals surface area contributed by atoms with Gasteiger partial charge in [0.05, 0.1) is 14.2 Å². The molecule has 1 N–H and O–H groups in total. The van der Waals surface area contributed by atoms with Crippen LogP contribution in [0.4, 0.5) is 0 Å². The van der Waals surface area contributed by atoms with Gasteiger partial charge in [-0.15, -0.1) is 0 Å². The molecule has 0 saturated heterocycles. The molecule has 0 unspecified atom stereocenters. The maximum Gasteiger partial charge on any atom is 0.161 e. The van der Waals surface area contributed by atoms with Crippen molar-refractivity contribution in [2.75, 3.05) is 27.3 Å². The number of ether oxygens (including phenoxy) is 2. The summed E-state index contributed by atoms with van der Waals surface area (Å²) >= 11 is 0. The van der Waals surface area contributed by atoms with Crippen LogP contribution in [0.25, 0.3) is 0 Å². The highest BCUT2D eigenvalue weighted by atomic mass is 16.5. The molecule has 1 saturated carbocycles. The zero-order valence-electron chi connectivity index (χ0n) is 13.2. The van der Waals surface area contributed by atoms with E-state index < -0.39 is 0 Å². The molecule has 112 valence electrons. The topological polar surface area (TPSA) is 30.5 Å². The average Bonchev–Trinajstić information content (AvgIpc) is 2.46. The third-order valence-electron chi connectivity index (χ3n) is 4.65. The summed E-state index contributed by atoms with van der Waals surface area (Å²) in [4.78, 5) is 0. The van der Waals surface area contributed by atoms with E-state index in [1.807, 2.05) is 6.07 Å². The summed E-state index contributed by atoms with van der Waals surface area (Å²) in [5, 5.41) is 3.53. The summed E-state index contributed by atoms with van der Waals surface area (Å²) < 4.78 is 10.8. The smallest absolute Gasteiger partial charge is 0.161 e. The van der Waals surface area contributed by atoms with Crippen molar-refractivity contribution in [2.24, 2.45) is 5.92 Å². The Morgan fingerprint density at radius 3 is 2.40 bits per heavy atom. The van der Waals surface area contributed by atoms with Crippen LogP contribution in [0.5, 0.6) is 11.5 Å². The van der Waals surface area contributed by atoms with Crippen LogP contribution < -0.4 is 14.8 Å². The molecular weight excluding hydrogens is 250 g/mol. The molecule has 0 spiro atoms. The van der Waals surface area contributed by atoms with Crippen molar-refractivity contribution in [3.05, 3.63) is 23.8 Å². The second-order valence-corrected chi connectivity index (χ2v) is 5.81. The molecule has 20 heavy (non-hydrogen) atoms. The van der Waals surface area contributed by atoms with Crippen LogP contribution >= 0.6 is 0 Å². The summed E-state index contributed by atoms with van der Waals surface area (Å²) in [5.41, 5.74) is 1.65. The Labute approximate surface area is 122 Å². The van der Waals surface area contributed by atoms with Crippen molar-refractivity contribution in [3.8, 4) is 11.5 Å². The fourth-order valence-electron chi connectivity index (χ4n) is 3.35. The molecule has 1 aliphatic carbocycles. The Morgan fingerprint density at radius 1 is 1.15 bits per heavy atom. The fourth-order valence-corrected chi connectivity index (χ4v) is 3.35. The first-order valence-corrected chi connectivity index (χ1v) is 7.62. The molecule has 0 heterocycles. The van der Waals surface area contributed by atoms with E-state index in [-0.39, 0.29) is 5.41 Å². The van der Waals surface area contributed by atoms with E-state index in [0.717, 1.165) is 30.5 Å². The van der Waals surface area contributed by atoms with Gasteiger partial charge in [-0.05, 0) is 43.0 Å². The van der Waals surface area contributed by atoms with Gasteiger partial charge < -0.3 is 14.8 Å². The summed E-state index contributed by atoms with van der Waals surface area (Å²) in [6, 6.07) is 6.38. The second-order valence-electron chi connectivity index (χ2n) is 5.81. The SMILES string of the molecule is CCNCC1(c2ccc(OC)c(OC)c2)CC(CC)C1. The van der Waals surface area contributed by atoms with Gasteiger partial charge in [-0.3, -0.25) is 0 Å². The van der Waals surface area contributed by atoms with Crippen molar-refractivity contribution >= 4 is 0 Å². The monoisotopic (exact) mass is 277 g/mol. The van der Waals surface area contributed by atoms with Crippen LogP contribution in [-0.4, -0.2) is 27.3 Å². The lowest BCUT2D eigenvalue weighted by atomic mass is 9.58. The first kappa shape index (κ1) is 15.2. The van der Waals surface area contributed by atoms with Gasteiger partial charge in [0.15, 0.2) is 11.5 Å². The van der Waals surface area contributed by atoms with E-state index >= 15 is 0 Å². The molecule has 0 aromatic heterocycles. The van der Waals surface area contributed by atoms with Gasteiger partial charge in [0.25, 0.3) is 0 Å². The van der Waals surface area contributed by atoms with E-state index in [9.17, 15) is 0 Å². The molecule has 0 bridgehead atoms. The van der Waals surface area contributed by atoms with Crippen molar-refractivity contribution in [3.63, 3.8) is 0 Å². The third kappa shape index (κ3) is 2.78. The lowest BCUT2D eigenvalue weighted by molar-refractivity contribution is 0.134. The highest BCUT2D eigenvalue weighted by molar-refractivity contribution is 5.46. The van der Waals surface area contributed by atoms with Gasteiger partial charge in [-0.1, -0.05) is 26.3 Å². The lowest BCUT2D eigenvalue weighted by Crippen LogP contribution is -2.48.